The van der Waals surface area contributed by atoms with E-state index in [0.29, 0.717) is 6.04 Å². The molecule has 0 aromatic heterocycles. The molecule has 3 nitrogen and oxygen atoms in total. The van der Waals surface area contributed by atoms with Crippen LogP contribution in [-0.2, 0) is 10.2 Å². The van der Waals surface area contributed by atoms with Gasteiger partial charge >= 0.3 is 0 Å². The van der Waals surface area contributed by atoms with Gasteiger partial charge in [-0.3, -0.25) is 4.79 Å². The lowest BCUT2D eigenvalue weighted by Gasteiger charge is -2.19. The van der Waals surface area contributed by atoms with E-state index in [1.165, 1.54) is 5.75 Å². The second-order valence-corrected chi connectivity index (χ2v) is 6.39. The number of amides is 1. The average molecular weight is 262 g/mol. The molecule has 1 amide bonds. The number of rotatable bonds is 3. The van der Waals surface area contributed by atoms with Gasteiger partial charge in [-0.1, -0.05) is 12.1 Å². The van der Waals surface area contributed by atoms with E-state index in [4.69, 9.17) is 5.73 Å². The summed E-state index contributed by atoms with van der Waals surface area (Å²) in [4.78, 5) is 12.4. The maximum Gasteiger partial charge on any atom is 0.230 e. The minimum absolute atomic E-state index is 0.208. The maximum absolute atomic E-state index is 12.4. The largest absolute Gasteiger partial charge is 0.399 e. The van der Waals surface area contributed by atoms with Crippen molar-refractivity contribution in [3.05, 3.63) is 29.8 Å². The Morgan fingerprint density at radius 3 is 2.61 bits per heavy atom. The van der Waals surface area contributed by atoms with Crippen molar-refractivity contribution >= 4 is 23.4 Å². The normalized spacial score (nSPS) is 24.8. The Morgan fingerprint density at radius 1 is 1.33 bits per heavy atom. The van der Waals surface area contributed by atoms with Crippen molar-refractivity contribution in [3.63, 3.8) is 0 Å². The third kappa shape index (κ3) is 2.09. The molecule has 1 atom stereocenters. The number of nitrogens with one attached hydrogen (secondary N) is 1. The van der Waals surface area contributed by atoms with Gasteiger partial charge in [0.05, 0.1) is 5.41 Å². The second-order valence-electron chi connectivity index (χ2n) is 5.24. The quantitative estimate of drug-likeness (QED) is 0.818. The topological polar surface area (TPSA) is 55.1 Å². The van der Waals surface area contributed by atoms with Crippen molar-refractivity contribution in [3.8, 4) is 0 Å². The van der Waals surface area contributed by atoms with E-state index in [2.05, 4.69) is 5.32 Å². The monoisotopic (exact) mass is 262 g/mol. The number of hydrogen-bond donors (Lipinski definition) is 2. The van der Waals surface area contributed by atoms with Crippen LogP contribution in [0.25, 0.3) is 0 Å². The predicted molar refractivity (Wildman–Crippen MR) is 75.6 cm³/mol. The van der Waals surface area contributed by atoms with Gasteiger partial charge in [-0.25, -0.2) is 0 Å². The molecule has 18 heavy (non-hydrogen) atoms. The van der Waals surface area contributed by atoms with Crippen LogP contribution in [0.1, 0.15) is 24.8 Å². The summed E-state index contributed by atoms with van der Waals surface area (Å²) in [5.74, 6) is 2.43. The summed E-state index contributed by atoms with van der Waals surface area (Å²) in [6.45, 7) is 0. The number of carbonyl (C=O) groups excluding carboxylic acids is 1. The molecule has 2 aliphatic rings. The summed E-state index contributed by atoms with van der Waals surface area (Å²) in [5.41, 5.74) is 7.30. The van der Waals surface area contributed by atoms with Crippen LogP contribution in [0.4, 0.5) is 5.69 Å². The molecule has 1 aliphatic heterocycles. The van der Waals surface area contributed by atoms with E-state index >= 15 is 0 Å². The summed E-state index contributed by atoms with van der Waals surface area (Å²) in [6.07, 6.45) is 3.03. The van der Waals surface area contributed by atoms with Gasteiger partial charge in [0.2, 0.25) is 5.91 Å². The molecule has 0 spiro atoms. The fourth-order valence-corrected chi connectivity index (χ4v) is 3.70. The van der Waals surface area contributed by atoms with Crippen LogP contribution in [-0.4, -0.2) is 23.5 Å². The Labute approximate surface area is 112 Å². The molecule has 1 saturated carbocycles. The molecule has 0 bridgehead atoms. The van der Waals surface area contributed by atoms with Crippen LogP contribution >= 0.6 is 11.8 Å². The zero-order valence-electron chi connectivity index (χ0n) is 10.3. The standard InChI is InChI=1S/C14H18N2OS/c15-11-3-1-10(2-4-11)14(6-7-14)13(17)16-12-5-8-18-9-12/h1-4,12H,5-9,15H2,(H,16,17). The smallest absolute Gasteiger partial charge is 0.230 e. The van der Waals surface area contributed by atoms with Gasteiger partial charge < -0.3 is 11.1 Å². The Bertz CT molecular complexity index is 447. The lowest BCUT2D eigenvalue weighted by Crippen LogP contribution is -2.41. The van der Waals surface area contributed by atoms with Crippen LogP contribution in [0.3, 0.4) is 0 Å². The van der Waals surface area contributed by atoms with E-state index in [-0.39, 0.29) is 11.3 Å². The number of hydrogen-bond acceptors (Lipinski definition) is 3. The minimum Gasteiger partial charge on any atom is -0.399 e. The Hall–Kier alpha value is -1.16. The lowest BCUT2D eigenvalue weighted by molar-refractivity contribution is -0.124. The highest BCUT2D eigenvalue weighted by Crippen LogP contribution is 2.48. The molecule has 1 saturated heterocycles. The predicted octanol–water partition coefficient (Wildman–Crippen LogP) is 1.92. The molecule has 96 valence electrons. The molecule has 1 aromatic carbocycles. The molecule has 3 rings (SSSR count). The second kappa shape index (κ2) is 4.50. The first-order valence-electron chi connectivity index (χ1n) is 6.45. The third-order valence-electron chi connectivity index (χ3n) is 3.91. The molecule has 4 heteroatoms. The SMILES string of the molecule is Nc1ccc(C2(C(=O)NC3CCSC3)CC2)cc1. The summed E-state index contributed by atoms with van der Waals surface area (Å²) < 4.78 is 0. The van der Waals surface area contributed by atoms with Gasteiger partial charge in [0.1, 0.15) is 0 Å². The number of carbonyl (C=O) groups is 1. The summed E-state index contributed by atoms with van der Waals surface area (Å²) in [5, 5.41) is 3.20. The van der Waals surface area contributed by atoms with Crippen molar-refractivity contribution in [1.82, 2.24) is 5.32 Å². The van der Waals surface area contributed by atoms with Crippen molar-refractivity contribution < 1.29 is 4.79 Å². The van der Waals surface area contributed by atoms with Crippen LogP contribution in [0.15, 0.2) is 24.3 Å². The molecule has 2 fully saturated rings. The highest BCUT2D eigenvalue weighted by molar-refractivity contribution is 7.99. The number of thioether (sulfide) groups is 1. The van der Waals surface area contributed by atoms with Crippen molar-refractivity contribution in [2.75, 3.05) is 17.2 Å². The van der Waals surface area contributed by atoms with E-state index in [9.17, 15) is 4.79 Å². The molecule has 0 radical (unpaired) electrons. The molecule has 1 aromatic rings. The van der Waals surface area contributed by atoms with Gasteiger partial charge in [-0.05, 0) is 42.7 Å². The molecule has 1 aliphatic carbocycles. The van der Waals surface area contributed by atoms with E-state index < -0.39 is 0 Å². The van der Waals surface area contributed by atoms with Gasteiger partial charge in [-0.2, -0.15) is 11.8 Å². The van der Waals surface area contributed by atoms with Gasteiger partial charge in [0.15, 0.2) is 0 Å². The minimum atomic E-state index is -0.263. The molecule has 1 heterocycles. The first-order chi connectivity index (χ1) is 8.71. The first kappa shape index (κ1) is 11.9. The number of nitrogen functional groups attached to an aromatic ring is 1. The van der Waals surface area contributed by atoms with Crippen LogP contribution < -0.4 is 11.1 Å². The fraction of sp³-hybridized carbons (Fsp3) is 0.500. The van der Waals surface area contributed by atoms with Crippen LogP contribution in [0.5, 0.6) is 0 Å². The van der Waals surface area contributed by atoms with Gasteiger partial charge in [-0.15, -0.1) is 0 Å². The maximum atomic E-state index is 12.4. The van der Waals surface area contributed by atoms with Crippen LogP contribution in [0, 0.1) is 0 Å². The van der Waals surface area contributed by atoms with E-state index in [1.54, 1.807) is 0 Å². The molecule has 1 unspecified atom stereocenters. The lowest BCUT2D eigenvalue weighted by atomic mass is 9.94. The van der Waals surface area contributed by atoms with Gasteiger partial charge in [0, 0.05) is 17.5 Å². The highest BCUT2D eigenvalue weighted by atomic mass is 32.2. The Kier molecular flexibility index (Phi) is 2.98. The third-order valence-corrected chi connectivity index (χ3v) is 5.08. The Balaban J connectivity index is 1.73. The summed E-state index contributed by atoms with van der Waals surface area (Å²) >= 11 is 1.92. The fourth-order valence-electron chi connectivity index (χ4n) is 2.55. The summed E-state index contributed by atoms with van der Waals surface area (Å²) in [7, 11) is 0. The number of anilines is 1. The average Bonchev–Trinajstić information content (AvgIpc) is 3.03. The first-order valence-corrected chi connectivity index (χ1v) is 7.61. The molecular weight excluding hydrogens is 244 g/mol. The van der Waals surface area contributed by atoms with Crippen LogP contribution in [0.2, 0.25) is 0 Å². The zero-order chi connectivity index (χ0) is 12.6. The molecule has 3 N–H and O–H groups in total. The van der Waals surface area contributed by atoms with E-state index in [1.807, 2.05) is 36.0 Å². The van der Waals surface area contributed by atoms with Gasteiger partial charge in [0.25, 0.3) is 0 Å². The zero-order valence-corrected chi connectivity index (χ0v) is 11.1. The number of benzene rings is 1. The van der Waals surface area contributed by atoms with Crippen molar-refractivity contribution in [1.29, 1.82) is 0 Å². The highest BCUT2D eigenvalue weighted by Gasteiger charge is 2.51. The molecular formula is C14H18N2OS. The van der Waals surface area contributed by atoms with E-state index in [0.717, 1.165) is 36.3 Å². The Morgan fingerprint density at radius 2 is 2.06 bits per heavy atom. The van der Waals surface area contributed by atoms with Crippen molar-refractivity contribution in [2.45, 2.75) is 30.7 Å². The van der Waals surface area contributed by atoms with Crippen molar-refractivity contribution in [2.24, 2.45) is 0 Å². The number of nitrogens with two attached hydrogens (primary N) is 1. The summed E-state index contributed by atoms with van der Waals surface area (Å²) in [6, 6.07) is 8.12.